The first-order valence-corrected chi connectivity index (χ1v) is 13.9. The summed E-state index contributed by atoms with van der Waals surface area (Å²) in [4.78, 5) is 24.1. The van der Waals surface area contributed by atoms with E-state index in [4.69, 9.17) is 14.2 Å². The Morgan fingerprint density at radius 1 is 0.784 bits per heavy atom. The molecule has 0 bridgehead atoms. The van der Waals surface area contributed by atoms with Crippen LogP contribution in [0, 0.1) is 11.8 Å². The van der Waals surface area contributed by atoms with E-state index in [1.165, 1.54) is 0 Å². The van der Waals surface area contributed by atoms with E-state index in [0.29, 0.717) is 50.7 Å². The molecule has 37 heavy (non-hydrogen) atoms. The molecule has 1 N–H and O–H groups in total. The van der Waals surface area contributed by atoms with Crippen LogP contribution in [0.15, 0.2) is 12.1 Å². The largest absolute Gasteiger partial charge is 0.508 e. The maximum Gasteiger partial charge on any atom is 0.305 e. The lowest BCUT2D eigenvalue weighted by atomic mass is 9.75. The molecule has 0 fully saturated rings. The van der Waals surface area contributed by atoms with Gasteiger partial charge in [0, 0.05) is 24.0 Å². The average molecular weight is 521 g/mol. The summed E-state index contributed by atoms with van der Waals surface area (Å²) in [6.07, 6.45) is 5.34. The van der Waals surface area contributed by atoms with Crippen molar-refractivity contribution in [3.8, 4) is 11.5 Å². The van der Waals surface area contributed by atoms with E-state index in [-0.39, 0.29) is 28.5 Å². The van der Waals surface area contributed by atoms with E-state index in [2.05, 4.69) is 55.4 Å². The number of hydrogen-bond acceptors (Lipinski definition) is 6. The van der Waals surface area contributed by atoms with Crippen molar-refractivity contribution in [3.05, 3.63) is 23.3 Å². The van der Waals surface area contributed by atoms with Crippen LogP contribution in [-0.4, -0.2) is 37.4 Å². The summed E-state index contributed by atoms with van der Waals surface area (Å²) >= 11 is 0. The van der Waals surface area contributed by atoms with Crippen molar-refractivity contribution in [2.45, 2.75) is 118 Å². The molecule has 212 valence electrons. The molecular weight excluding hydrogens is 468 g/mol. The number of methoxy groups -OCH3 is 1. The normalized spacial score (nSPS) is 12.2. The Labute approximate surface area is 225 Å². The van der Waals surface area contributed by atoms with Crippen molar-refractivity contribution >= 4 is 11.9 Å². The van der Waals surface area contributed by atoms with E-state index in [1.54, 1.807) is 13.2 Å². The van der Waals surface area contributed by atoms with E-state index in [1.807, 2.05) is 6.07 Å². The number of aromatic hydroxyl groups is 1. The average Bonchev–Trinajstić information content (AvgIpc) is 2.78. The Bertz CT molecular complexity index is 853. The van der Waals surface area contributed by atoms with Crippen molar-refractivity contribution in [1.29, 1.82) is 0 Å². The summed E-state index contributed by atoms with van der Waals surface area (Å²) in [5.74, 6) is 1.64. The van der Waals surface area contributed by atoms with Gasteiger partial charge in [0.05, 0.1) is 20.3 Å². The summed E-state index contributed by atoms with van der Waals surface area (Å²) in [6.45, 7) is 17.7. The van der Waals surface area contributed by atoms with Gasteiger partial charge in [-0.3, -0.25) is 9.59 Å². The highest BCUT2D eigenvalue weighted by molar-refractivity contribution is 5.69. The van der Waals surface area contributed by atoms with Gasteiger partial charge in [-0.05, 0) is 73.3 Å². The zero-order valence-electron chi connectivity index (χ0n) is 24.9. The fraction of sp³-hybridized carbons (Fsp3) is 0.742. The first kappa shape index (κ1) is 32.8. The molecule has 1 aromatic carbocycles. The Balaban J connectivity index is 2.79. The molecule has 0 heterocycles. The quantitative estimate of drug-likeness (QED) is 0.214. The van der Waals surface area contributed by atoms with E-state index < -0.39 is 0 Å². The molecule has 1 rings (SSSR count). The lowest BCUT2D eigenvalue weighted by Gasteiger charge is -2.31. The highest BCUT2D eigenvalue weighted by atomic mass is 16.5. The van der Waals surface area contributed by atoms with Crippen LogP contribution in [0.25, 0.3) is 0 Å². The van der Waals surface area contributed by atoms with E-state index in [0.717, 1.165) is 42.6 Å². The van der Waals surface area contributed by atoms with Gasteiger partial charge in [0.15, 0.2) is 0 Å². The minimum absolute atomic E-state index is 0.160. The number of carbonyl (C=O) groups excluding carboxylic acids is 2. The number of benzene rings is 1. The highest BCUT2D eigenvalue weighted by Crippen LogP contribution is 2.44. The van der Waals surface area contributed by atoms with Crippen molar-refractivity contribution in [2.24, 2.45) is 11.8 Å². The molecule has 0 amide bonds. The van der Waals surface area contributed by atoms with Gasteiger partial charge in [-0.2, -0.15) is 0 Å². The number of phenolic OH excluding ortho intramolecular Hbond substituents is 1. The minimum Gasteiger partial charge on any atom is -0.508 e. The maximum atomic E-state index is 12.1. The number of rotatable bonds is 17. The number of carbonyl (C=O) groups is 2. The van der Waals surface area contributed by atoms with Gasteiger partial charge in [-0.1, -0.05) is 55.4 Å². The van der Waals surface area contributed by atoms with Gasteiger partial charge in [0.25, 0.3) is 0 Å². The molecule has 0 unspecified atom stereocenters. The van der Waals surface area contributed by atoms with Crippen LogP contribution in [0.1, 0.15) is 118 Å². The van der Waals surface area contributed by atoms with Gasteiger partial charge in [-0.15, -0.1) is 0 Å². The fourth-order valence-corrected chi connectivity index (χ4v) is 4.39. The Morgan fingerprint density at radius 3 is 1.62 bits per heavy atom. The Hall–Kier alpha value is -2.24. The predicted molar refractivity (Wildman–Crippen MR) is 149 cm³/mol. The van der Waals surface area contributed by atoms with Crippen molar-refractivity contribution in [3.63, 3.8) is 0 Å². The predicted octanol–water partition coefficient (Wildman–Crippen LogP) is 7.48. The third kappa shape index (κ3) is 11.8. The molecular formula is C31H52O6. The summed E-state index contributed by atoms with van der Waals surface area (Å²) in [5.41, 5.74) is 1.06. The molecule has 0 aliphatic carbocycles. The van der Waals surface area contributed by atoms with Gasteiger partial charge in [0.1, 0.15) is 11.5 Å². The smallest absolute Gasteiger partial charge is 0.305 e. The molecule has 0 saturated heterocycles. The molecule has 0 aliphatic rings. The highest BCUT2D eigenvalue weighted by Gasteiger charge is 2.30. The van der Waals surface area contributed by atoms with E-state index in [9.17, 15) is 14.7 Å². The van der Waals surface area contributed by atoms with Gasteiger partial charge >= 0.3 is 11.9 Å². The monoisotopic (exact) mass is 520 g/mol. The van der Waals surface area contributed by atoms with Crippen LogP contribution in [0.4, 0.5) is 0 Å². The van der Waals surface area contributed by atoms with Gasteiger partial charge in [0.2, 0.25) is 0 Å². The number of esters is 2. The summed E-state index contributed by atoms with van der Waals surface area (Å²) in [7, 11) is 1.64. The molecule has 0 aromatic heterocycles. The lowest BCUT2D eigenvalue weighted by molar-refractivity contribution is -0.145. The fourth-order valence-electron chi connectivity index (χ4n) is 4.39. The van der Waals surface area contributed by atoms with Gasteiger partial charge in [-0.25, -0.2) is 0 Å². The third-order valence-electron chi connectivity index (χ3n) is 7.06. The topological polar surface area (TPSA) is 82.1 Å². The number of hydrogen-bond donors (Lipinski definition) is 1. The zero-order chi connectivity index (χ0) is 28.2. The molecule has 0 aliphatic heterocycles. The minimum atomic E-state index is -0.349. The summed E-state index contributed by atoms with van der Waals surface area (Å²) in [5, 5.41) is 11.0. The second kappa shape index (κ2) is 15.2. The third-order valence-corrected chi connectivity index (χ3v) is 7.06. The number of ether oxygens (including phenoxy) is 3. The van der Waals surface area contributed by atoms with Crippen molar-refractivity contribution in [1.82, 2.24) is 0 Å². The first-order chi connectivity index (χ1) is 17.2. The Kier molecular flexibility index (Phi) is 13.5. The Morgan fingerprint density at radius 2 is 1.22 bits per heavy atom. The number of phenols is 1. The summed E-state index contributed by atoms with van der Waals surface area (Å²) in [6, 6.07) is 3.73. The van der Waals surface area contributed by atoms with Crippen LogP contribution in [-0.2, 0) is 29.9 Å². The second-order valence-corrected chi connectivity index (χ2v) is 12.4. The zero-order valence-corrected chi connectivity index (χ0v) is 24.9. The van der Waals surface area contributed by atoms with Crippen LogP contribution < -0.4 is 4.74 Å². The maximum absolute atomic E-state index is 12.1. The van der Waals surface area contributed by atoms with Crippen molar-refractivity contribution < 1.29 is 28.9 Å². The van der Waals surface area contributed by atoms with Crippen LogP contribution in [0.2, 0.25) is 0 Å². The molecule has 0 radical (unpaired) electrons. The molecule has 0 spiro atoms. The first-order valence-electron chi connectivity index (χ1n) is 13.9. The molecule has 6 heteroatoms. The molecule has 1 aromatic rings. The van der Waals surface area contributed by atoms with Gasteiger partial charge < -0.3 is 19.3 Å². The second-order valence-electron chi connectivity index (χ2n) is 12.4. The van der Waals surface area contributed by atoms with Crippen LogP contribution >= 0.6 is 0 Å². The van der Waals surface area contributed by atoms with Crippen molar-refractivity contribution in [2.75, 3.05) is 20.3 Å². The lowest BCUT2D eigenvalue weighted by Crippen LogP contribution is -2.22. The standard InChI is InChI=1S/C31H52O6/c1-22(2)14-18-36-28(33)12-10-16-30(5,6)24-21-27(35-9)25(20-26(24)32)31(7,8)17-11-13-29(34)37-19-15-23(3)4/h20-23,32H,10-19H2,1-9H3. The summed E-state index contributed by atoms with van der Waals surface area (Å²) < 4.78 is 16.4. The molecule has 0 saturated carbocycles. The van der Waals surface area contributed by atoms with Crippen LogP contribution in [0.3, 0.4) is 0 Å². The molecule has 0 atom stereocenters. The SMILES string of the molecule is COc1cc(C(C)(C)CCCC(=O)OCCC(C)C)c(O)cc1C(C)(C)CCCC(=O)OCCC(C)C. The van der Waals surface area contributed by atoms with Crippen LogP contribution in [0.5, 0.6) is 11.5 Å². The van der Waals surface area contributed by atoms with E-state index >= 15 is 0 Å². The molecule has 6 nitrogen and oxygen atoms in total.